The fourth-order valence-electron chi connectivity index (χ4n) is 4.26. The Balaban J connectivity index is 1.64. The Labute approximate surface area is 145 Å². The number of nitrogens with zero attached hydrogens (tertiary/aromatic N) is 1. The van der Waals surface area contributed by atoms with Crippen LogP contribution in [0.4, 0.5) is 4.79 Å². The van der Waals surface area contributed by atoms with Crippen molar-refractivity contribution in [3.63, 3.8) is 0 Å². The Kier molecular flexibility index (Phi) is 5.77. The molecule has 1 aliphatic carbocycles. The molecule has 2 aliphatic rings. The highest BCUT2D eigenvalue weighted by Crippen LogP contribution is 2.38. The van der Waals surface area contributed by atoms with E-state index in [1.54, 1.807) is 7.11 Å². The first-order valence-electron chi connectivity index (χ1n) is 9.35. The van der Waals surface area contributed by atoms with E-state index in [2.05, 4.69) is 35.6 Å². The van der Waals surface area contributed by atoms with E-state index < -0.39 is 0 Å². The maximum absolute atomic E-state index is 12.6. The van der Waals surface area contributed by atoms with Crippen LogP contribution in [0.15, 0.2) is 30.3 Å². The zero-order valence-corrected chi connectivity index (χ0v) is 14.8. The van der Waals surface area contributed by atoms with Gasteiger partial charge >= 0.3 is 6.03 Å². The lowest BCUT2D eigenvalue weighted by molar-refractivity contribution is 0.0431. The summed E-state index contributed by atoms with van der Waals surface area (Å²) in [7, 11) is 1.73. The van der Waals surface area contributed by atoms with Gasteiger partial charge in [0.2, 0.25) is 0 Å². The molecule has 0 aromatic heterocycles. The summed E-state index contributed by atoms with van der Waals surface area (Å²) < 4.78 is 5.43. The SMILES string of the molecule is COC1CCCN(C(=O)NCC2(c3ccccc3)CCCCC2)C1. The second-order valence-electron chi connectivity index (χ2n) is 7.31. The van der Waals surface area contributed by atoms with Crippen molar-refractivity contribution in [2.75, 3.05) is 26.7 Å². The highest BCUT2D eigenvalue weighted by atomic mass is 16.5. The molecule has 4 heteroatoms. The van der Waals surface area contributed by atoms with Crippen molar-refractivity contribution >= 4 is 6.03 Å². The van der Waals surface area contributed by atoms with Crippen LogP contribution in [0.3, 0.4) is 0 Å². The summed E-state index contributed by atoms with van der Waals surface area (Å²) in [5.41, 5.74) is 1.48. The fraction of sp³-hybridized carbons (Fsp3) is 0.650. The molecule has 1 heterocycles. The number of benzene rings is 1. The number of hydrogen-bond donors (Lipinski definition) is 1. The van der Waals surface area contributed by atoms with Crippen LogP contribution < -0.4 is 5.32 Å². The number of methoxy groups -OCH3 is 1. The minimum absolute atomic E-state index is 0.0672. The van der Waals surface area contributed by atoms with Gasteiger partial charge in [0.1, 0.15) is 0 Å². The van der Waals surface area contributed by atoms with Crippen molar-refractivity contribution < 1.29 is 9.53 Å². The minimum atomic E-state index is 0.0672. The number of rotatable bonds is 4. The van der Waals surface area contributed by atoms with E-state index in [4.69, 9.17) is 4.74 Å². The molecule has 1 saturated heterocycles. The van der Waals surface area contributed by atoms with Crippen LogP contribution in [0, 0.1) is 0 Å². The maximum Gasteiger partial charge on any atom is 0.317 e. The first kappa shape index (κ1) is 17.3. The summed E-state index contributed by atoms with van der Waals surface area (Å²) in [5.74, 6) is 0. The van der Waals surface area contributed by atoms with Gasteiger partial charge in [0.25, 0.3) is 0 Å². The highest BCUT2D eigenvalue weighted by Gasteiger charge is 2.35. The average molecular weight is 330 g/mol. The third-order valence-electron chi connectivity index (χ3n) is 5.77. The quantitative estimate of drug-likeness (QED) is 0.914. The topological polar surface area (TPSA) is 41.6 Å². The summed E-state index contributed by atoms with van der Waals surface area (Å²) in [6, 6.07) is 10.8. The van der Waals surface area contributed by atoms with Gasteiger partial charge in [-0.15, -0.1) is 0 Å². The zero-order valence-electron chi connectivity index (χ0n) is 14.8. The predicted octanol–water partition coefficient (Wildman–Crippen LogP) is 3.71. The molecule has 1 atom stereocenters. The summed E-state index contributed by atoms with van der Waals surface area (Å²) in [5, 5.41) is 3.24. The molecule has 1 aromatic carbocycles. The number of nitrogens with one attached hydrogen (secondary N) is 1. The second-order valence-corrected chi connectivity index (χ2v) is 7.31. The molecular weight excluding hydrogens is 300 g/mol. The number of piperidine rings is 1. The first-order chi connectivity index (χ1) is 11.7. The van der Waals surface area contributed by atoms with Gasteiger partial charge in [0.15, 0.2) is 0 Å². The Morgan fingerprint density at radius 2 is 1.96 bits per heavy atom. The Morgan fingerprint density at radius 1 is 1.21 bits per heavy atom. The Bertz CT molecular complexity index is 526. The molecular formula is C20H30N2O2. The molecule has 3 rings (SSSR count). The van der Waals surface area contributed by atoms with Gasteiger partial charge < -0.3 is 15.0 Å². The fourth-order valence-corrected chi connectivity index (χ4v) is 4.26. The lowest BCUT2D eigenvalue weighted by Crippen LogP contribution is -2.51. The van der Waals surface area contributed by atoms with Gasteiger partial charge in [-0.05, 0) is 31.2 Å². The van der Waals surface area contributed by atoms with Crippen LogP contribution in [0.1, 0.15) is 50.5 Å². The van der Waals surface area contributed by atoms with Gasteiger partial charge in [-0.2, -0.15) is 0 Å². The standard InChI is InChI=1S/C20H30N2O2/c1-24-18-11-8-14-22(15-18)19(23)21-16-20(12-6-3-7-13-20)17-9-4-2-5-10-17/h2,4-5,9-10,18H,3,6-8,11-16H2,1H3,(H,21,23). The monoisotopic (exact) mass is 330 g/mol. The predicted molar refractivity (Wildman–Crippen MR) is 96.2 cm³/mol. The molecule has 0 bridgehead atoms. The highest BCUT2D eigenvalue weighted by molar-refractivity contribution is 5.74. The van der Waals surface area contributed by atoms with Crippen molar-refractivity contribution in [2.24, 2.45) is 0 Å². The Morgan fingerprint density at radius 3 is 2.67 bits per heavy atom. The van der Waals surface area contributed by atoms with Crippen molar-refractivity contribution in [3.8, 4) is 0 Å². The largest absolute Gasteiger partial charge is 0.380 e. The molecule has 2 amide bonds. The minimum Gasteiger partial charge on any atom is -0.380 e. The lowest BCUT2D eigenvalue weighted by Gasteiger charge is -2.39. The van der Waals surface area contributed by atoms with Crippen molar-refractivity contribution in [2.45, 2.75) is 56.5 Å². The lowest BCUT2D eigenvalue weighted by atomic mass is 9.69. The molecule has 1 N–H and O–H groups in total. The van der Waals surface area contributed by atoms with Crippen LogP contribution in [0.5, 0.6) is 0 Å². The molecule has 1 unspecified atom stereocenters. The molecule has 0 spiro atoms. The third kappa shape index (κ3) is 3.92. The van der Waals surface area contributed by atoms with E-state index >= 15 is 0 Å². The first-order valence-corrected chi connectivity index (χ1v) is 9.35. The van der Waals surface area contributed by atoms with E-state index in [-0.39, 0.29) is 17.6 Å². The van der Waals surface area contributed by atoms with Gasteiger partial charge in [-0.3, -0.25) is 0 Å². The smallest absolute Gasteiger partial charge is 0.317 e. The molecule has 0 radical (unpaired) electrons. The Hall–Kier alpha value is -1.55. The van der Waals surface area contributed by atoms with Crippen molar-refractivity contribution in [1.82, 2.24) is 10.2 Å². The second kappa shape index (κ2) is 8.02. The van der Waals surface area contributed by atoms with E-state index in [1.807, 2.05) is 4.90 Å². The number of ether oxygens (including phenoxy) is 1. The molecule has 24 heavy (non-hydrogen) atoms. The van der Waals surface area contributed by atoms with Crippen molar-refractivity contribution in [3.05, 3.63) is 35.9 Å². The van der Waals surface area contributed by atoms with Crippen molar-refractivity contribution in [1.29, 1.82) is 0 Å². The van der Waals surface area contributed by atoms with Crippen LogP contribution in [-0.4, -0.2) is 43.8 Å². The number of urea groups is 1. The third-order valence-corrected chi connectivity index (χ3v) is 5.77. The van der Waals surface area contributed by atoms with Crippen LogP contribution in [0.2, 0.25) is 0 Å². The molecule has 1 aliphatic heterocycles. The molecule has 132 valence electrons. The van der Waals surface area contributed by atoms with Crippen LogP contribution in [0.25, 0.3) is 0 Å². The molecule has 1 aromatic rings. The normalized spacial score (nSPS) is 23.7. The maximum atomic E-state index is 12.6. The van der Waals surface area contributed by atoms with E-state index in [0.29, 0.717) is 6.54 Å². The van der Waals surface area contributed by atoms with Gasteiger partial charge in [0, 0.05) is 32.2 Å². The molecule has 4 nitrogen and oxygen atoms in total. The number of carbonyl (C=O) groups is 1. The van der Waals surface area contributed by atoms with Crippen LogP contribution in [-0.2, 0) is 10.2 Å². The van der Waals surface area contributed by atoms with Gasteiger partial charge in [-0.1, -0.05) is 49.6 Å². The average Bonchev–Trinajstić information content (AvgIpc) is 2.67. The number of likely N-dealkylation sites (tertiary alicyclic amines) is 1. The van der Waals surface area contributed by atoms with E-state index in [0.717, 1.165) is 38.8 Å². The summed E-state index contributed by atoms with van der Waals surface area (Å²) in [6.45, 7) is 2.29. The summed E-state index contributed by atoms with van der Waals surface area (Å²) in [4.78, 5) is 14.6. The number of carbonyl (C=O) groups excluding carboxylic acids is 1. The van der Waals surface area contributed by atoms with E-state index in [9.17, 15) is 4.79 Å². The van der Waals surface area contributed by atoms with Gasteiger partial charge in [-0.25, -0.2) is 4.79 Å². The number of hydrogen-bond acceptors (Lipinski definition) is 2. The van der Waals surface area contributed by atoms with Crippen LogP contribution >= 0.6 is 0 Å². The summed E-state index contributed by atoms with van der Waals surface area (Å²) in [6.07, 6.45) is 8.40. The summed E-state index contributed by atoms with van der Waals surface area (Å²) >= 11 is 0. The van der Waals surface area contributed by atoms with E-state index in [1.165, 1.54) is 24.8 Å². The molecule has 2 fully saturated rings. The number of amides is 2. The van der Waals surface area contributed by atoms with Gasteiger partial charge in [0.05, 0.1) is 6.10 Å². The zero-order chi connectivity index (χ0) is 16.8. The molecule has 1 saturated carbocycles.